The van der Waals surface area contributed by atoms with Crippen LogP contribution in [0.25, 0.3) is 0 Å². The van der Waals surface area contributed by atoms with Gasteiger partial charge in [-0.2, -0.15) is 26.3 Å². The van der Waals surface area contributed by atoms with Gasteiger partial charge < -0.3 is 10.5 Å². The van der Waals surface area contributed by atoms with Crippen molar-refractivity contribution in [1.29, 1.82) is 0 Å². The van der Waals surface area contributed by atoms with Gasteiger partial charge in [0.2, 0.25) is 0 Å². The molecule has 4 saturated heterocycles. The molecular formula is C23H36F7N5O. The summed E-state index contributed by atoms with van der Waals surface area (Å²) in [6, 6.07) is -1.89. The summed E-state index contributed by atoms with van der Waals surface area (Å²) in [5.74, 6) is -4.87. The summed E-state index contributed by atoms with van der Waals surface area (Å²) in [5, 5.41) is 3.05. The highest BCUT2D eigenvalue weighted by Crippen LogP contribution is 2.47. The van der Waals surface area contributed by atoms with Crippen LogP contribution < -0.4 is 21.9 Å². The normalized spacial score (nSPS) is 47.2. The minimum absolute atomic E-state index is 0.0748. The van der Waals surface area contributed by atoms with E-state index in [1.54, 1.807) is 0 Å². The zero-order chi connectivity index (χ0) is 25.8. The maximum absolute atomic E-state index is 14.8. The predicted octanol–water partition coefficient (Wildman–Crippen LogP) is 3.54. The summed E-state index contributed by atoms with van der Waals surface area (Å²) in [4.78, 5) is 1.85. The molecular weight excluding hydrogens is 495 g/mol. The molecule has 5 N–H and O–H groups in total. The van der Waals surface area contributed by atoms with E-state index in [-0.39, 0.29) is 31.7 Å². The van der Waals surface area contributed by atoms with Crippen LogP contribution in [0.5, 0.6) is 0 Å². The molecule has 1 aliphatic carbocycles. The lowest BCUT2D eigenvalue weighted by Crippen LogP contribution is -2.70. The first kappa shape index (κ1) is 26.9. The number of hydrazine groups is 1. The standard InChI is InChI=1S/C23H36F7N5O/c24-15-7-6-12-9-11(15)3-1-4-13-5-2-8-35(13)19-14(22(25,26)27)10-16(31)18(32-19)21-34-33-20(36-21)17(12)23(28,29)30/h11-21,32-34H,1-10,31H2/t11?,12?,13-,14?,15?,16?,17?,18?,19?,20?,21?/m1/s1. The molecule has 5 rings (SSSR count). The molecule has 4 heterocycles. The van der Waals surface area contributed by atoms with Crippen molar-refractivity contribution in [2.45, 2.75) is 113 Å². The highest BCUT2D eigenvalue weighted by atomic mass is 19.4. The number of hydrogen-bond donors (Lipinski definition) is 4. The van der Waals surface area contributed by atoms with Crippen LogP contribution in [0.15, 0.2) is 0 Å². The second kappa shape index (κ2) is 10.1. The molecule has 6 nitrogen and oxygen atoms in total. The Hall–Kier alpha value is -0.730. The number of nitrogens with one attached hydrogen (secondary N) is 3. The summed E-state index contributed by atoms with van der Waals surface area (Å²) in [6.45, 7) is 0.490. The van der Waals surface area contributed by atoms with Gasteiger partial charge in [-0.05, 0) is 69.7 Å². The lowest BCUT2D eigenvalue weighted by molar-refractivity contribution is -0.232. The van der Waals surface area contributed by atoms with E-state index in [0.717, 1.165) is 12.8 Å². The van der Waals surface area contributed by atoms with E-state index < -0.39 is 72.9 Å². The molecule has 4 aliphatic heterocycles. The molecule has 0 aromatic heterocycles. The fraction of sp³-hybridized carbons (Fsp3) is 1.00. The number of alkyl halides is 7. The Bertz CT molecular complexity index is 770. The first-order valence-electron chi connectivity index (χ1n) is 13.1. The van der Waals surface area contributed by atoms with Gasteiger partial charge in [0.15, 0.2) is 0 Å². The third kappa shape index (κ3) is 5.25. The summed E-state index contributed by atoms with van der Waals surface area (Å²) >= 11 is 0. The zero-order valence-corrected chi connectivity index (χ0v) is 20.0. The second-order valence-electron chi connectivity index (χ2n) is 11.3. The van der Waals surface area contributed by atoms with Crippen molar-refractivity contribution in [3.05, 3.63) is 0 Å². The van der Waals surface area contributed by atoms with Crippen LogP contribution in [-0.2, 0) is 4.74 Å². The van der Waals surface area contributed by atoms with Crippen molar-refractivity contribution in [1.82, 2.24) is 21.1 Å². The summed E-state index contributed by atoms with van der Waals surface area (Å²) in [5.41, 5.74) is 11.5. The van der Waals surface area contributed by atoms with Crippen molar-refractivity contribution in [2.24, 2.45) is 29.4 Å². The largest absolute Gasteiger partial charge is 0.395 e. The molecule has 1 saturated carbocycles. The maximum Gasteiger partial charge on any atom is 0.395 e. The van der Waals surface area contributed by atoms with E-state index >= 15 is 0 Å². The van der Waals surface area contributed by atoms with Gasteiger partial charge in [0.05, 0.1) is 24.0 Å². The number of nitrogens with two attached hydrogens (primary N) is 1. The summed E-state index contributed by atoms with van der Waals surface area (Å²) in [7, 11) is 0. The van der Waals surface area contributed by atoms with Crippen molar-refractivity contribution in [2.75, 3.05) is 6.54 Å². The molecule has 36 heavy (non-hydrogen) atoms. The van der Waals surface area contributed by atoms with Crippen LogP contribution in [0.1, 0.15) is 57.8 Å². The maximum atomic E-state index is 14.8. The minimum atomic E-state index is -4.59. The third-order valence-corrected chi connectivity index (χ3v) is 9.17. The summed E-state index contributed by atoms with van der Waals surface area (Å²) in [6.07, 6.45) is -10.7. The Balaban J connectivity index is 1.47. The Morgan fingerprint density at radius 1 is 0.806 bits per heavy atom. The fourth-order valence-corrected chi connectivity index (χ4v) is 7.42. The van der Waals surface area contributed by atoms with Crippen LogP contribution >= 0.6 is 0 Å². The molecule has 0 aromatic rings. The van der Waals surface area contributed by atoms with Gasteiger partial charge in [0.25, 0.3) is 0 Å². The highest BCUT2D eigenvalue weighted by molar-refractivity contribution is 5.03. The second-order valence-corrected chi connectivity index (χ2v) is 11.3. The molecule has 0 radical (unpaired) electrons. The average molecular weight is 532 g/mol. The Morgan fingerprint density at radius 3 is 2.25 bits per heavy atom. The van der Waals surface area contributed by atoms with Crippen LogP contribution in [0.2, 0.25) is 0 Å². The first-order chi connectivity index (χ1) is 16.9. The van der Waals surface area contributed by atoms with Gasteiger partial charge in [-0.3, -0.25) is 10.2 Å². The molecule has 5 fully saturated rings. The smallest absolute Gasteiger partial charge is 0.340 e. The van der Waals surface area contributed by atoms with Gasteiger partial charge >= 0.3 is 12.4 Å². The topological polar surface area (TPSA) is 74.6 Å². The average Bonchev–Trinajstić information content (AvgIpc) is 3.43. The SMILES string of the molecule is NC1CC(C(F)(F)F)C2NC1C1NNC(O1)C(C(F)(F)F)C1CCC(F)C(CCC[C@@H]3CCCN23)C1. The van der Waals surface area contributed by atoms with Crippen molar-refractivity contribution < 1.29 is 35.5 Å². The molecule has 0 spiro atoms. The lowest BCUT2D eigenvalue weighted by atomic mass is 9.72. The van der Waals surface area contributed by atoms with Gasteiger partial charge in [-0.1, -0.05) is 6.42 Å². The molecule has 0 amide bonds. The number of rotatable bonds is 0. The molecule has 5 aliphatic rings. The highest BCUT2D eigenvalue weighted by Gasteiger charge is 2.57. The van der Waals surface area contributed by atoms with Crippen LogP contribution in [0, 0.1) is 23.7 Å². The van der Waals surface area contributed by atoms with E-state index in [9.17, 15) is 30.7 Å². The lowest BCUT2D eigenvalue weighted by Gasteiger charge is -2.48. The number of fused-ring (bicyclic) bond motifs is 9. The predicted molar refractivity (Wildman–Crippen MR) is 117 cm³/mol. The number of ether oxygens (including phenoxy) is 1. The number of piperidine rings is 1. The molecule has 6 bridgehead atoms. The molecule has 208 valence electrons. The van der Waals surface area contributed by atoms with E-state index in [1.165, 1.54) is 0 Å². The van der Waals surface area contributed by atoms with Gasteiger partial charge in [0, 0.05) is 12.1 Å². The van der Waals surface area contributed by atoms with Crippen molar-refractivity contribution in [3.8, 4) is 0 Å². The third-order valence-electron chi connectivity index (χ3n) is 9.17. The van der Waals surface area contributed by atoms with E-state index in [0.29, 0.717) is 25.8 Å². The molecule has 10 unspecified atom stereocenters. The van der Waals surface area contributed by atoms with Gasteiger partial charge in [0.1, 0.15) is 18.6 Å². The van der Waals surface area contributed by atoms with Crippen LogP contribution in [0.4, 0.5) is 30.7 Å². The number of halogens is 7. The van der Waals surface area contributed by atoms with Crippen molar-refractivity contribution in [3.63, 3.8) is 0 Å². The van der Waals surface area contributed by atoms with Gasteiger partial charge in [-0.25, -0.2) is 15.2 Å². The van der Waals surface area contributed by atoms with E-state index in [1.807, 2.05) is 4.90 Å². The number of nitrogens with zero attached hydrogens (tertiary/aromatic N) is 1. The quantitative estimate of drug-likeness (QED) is 0.359. The number of hydrogen-bond acceptors (Lipinski definition) is 6. The minimum Gasteiger partial charge on any atom is -0.340 e. The van der Waals surface area contributed by atoms with E-state index in [4.69, 9.17) is 10.5 Å². The van der Waals surface area contributed by atoms with Crippen LogP contribution in [0.3, 0.4) is 0 Å². The Morgan fingerprint density at radius 2 is 1.53 bits per heavy atom. The monoisotopic (exact) mass is 531 g/mol. The Labute approximate surface area is 206 Å². The summed E-state index contributed by atoms with van der Waals surface area (Å²) < 4.78 is 106. The molecule has 0 aromatic carbocycles. The van der Waals surface area contributed by atoms with Gasteiger partial charge in [-0.15, -0.1) is 0 Å². The molecule has 13 heteroatoms. The Kier molecular flexibility index (Phi) is 7.54. The van der Waals surface area contributed by atoms with Crippen molar-refractivity contribution >= 4 is 0 Å². The first-order valence-corrected chi connectivity index (χ1v) is 13.1. The fourth-order valence-electron chi connectivity index (χ4n) is 7.42. The van der Waals surface area contributed by atoms with Crippen LogP contribution in [-0.4, -0.2) is 66.7 Å². The van der Waals surface area contributed by atoms with E-state index in [2.05, 4.69) is 16.2 Å². The molecule has 11 atom stereocenters. The zero-order valence-electron chi connectivity index (χ0n) is 20.0.